The first-order valence-corrected chi connectivity index (χ1v) is 10.8. The van der Waals surface area contributed by atoms with Crippen molar-refractivity contribution in [2.75, 3.05) is 47.5 Å². The molecule has 0 saturated carbocycles. The fraction of sp³-hybridized carbons (Fsp3) is 0.882. The third-order valence-corrected chi connectivity index (χ3v) is 4.43. The lowest BCUT2D eigenvalue weighted by atomic mass is 10.2. The van der Waals surface area contributed by atoms with Gasteiger partial charge in [-0.2, -0.15) is 0 Å². The Hall–Kier alpha value is -0.990. The Balaban J connectivity index is 4.56. The minimum absolute atomic E-state index is 0.0313. The molecule has 2 unspecified atom stereocenters. The molecule has 1 N–H and O–H groups in total. The van der Waals surface area contributed by atoms with E-state index in [9.17, 15) is 19.0 Å². The summed E-state index contributed by atoms with van der Waals surface area (Å²) in [7, 11) is 1.46. The molecule has 0 saturated heterocycles. The summed E-state index contributed by atoms with van der Waals surface area (Å²) in [6, 6.07) is 0. The van der Waals surface area contributed by atoms with Gasteiger partial charge in [0.2, 0.25) is 0 Å². The van der Waals surface area contributed by atoms with Crippen LogP contribution in [0.15, 0.2) is 0 Å². The number of esters is 2. The average molecular weight is 412 g/mol. The van der Waals surface area contributed by atoms with Crippen LogP contribution in [-0.2, 0) is 32.7 Å². The molecule has 0 aromatic carbocycles. The Bertz CT molecular complexity index is 492. The van der Waals surface area contributed by atoms with E-state index >= 15 is 0 Å². The molecule has 10 heteroatoms. The zero-order valence-electron chi connectivity index (χ0n) is 17.1. The number of likely N-dealkylation sites (N-methyl/N-ethyl adjacent to an activating group) is 1. The highest BCUT2D eigenvalue weighted by molar-refractivity contribution is 7.47. The molecule has 0 amide bonds. The second-order valence-corrected chi connectivity index (χ2v) is 8.67. The first-order chi connectivity index (χ1) is 12.5. The first kappa shape index (κ1) is 26.0. The number of hydrogen-bond acceptors (Lipinski definition) is 7. The Morgan fingerprint density at radius 2 is 1.70 bits per heavy atom. The van der Waals surface area contributed by atoms with E-state index in [0.717, 1.165) is 12.8 Å². The number of nitrogens with zero attached hydrogens (tertiary/aromatic N) is 1. The molecule has 0 radical (unpaired) electrons. The largest absolute Gasteiger partial charge is 0.472 e. The predicted octanol–water partition coefficient (Wildman–Crippen LogP) is 2.27. The summed E-state index contributed by atoms with van der Waals surface area (Å²) in [5.41, 5.74) is 0. The molecule has 0 aliphatic rings. The van der Waals surface area contributed by atoms with Crippen LogP contribution in [0.3, 0.4) is 0 Å². The summed E-state index contributed by atoms with van der Waals surface area (Å²) in [5, 5.41) is 0. The molecule has 160 valence electrons. The molecule has 2 atom stereocenters. The molecular weight excluding hydrogens is 377 g/mol. The van der Waals surface area contributed by atoms with Crippen LogP contribution in [0.5, 0.6) is 0 Å². The highest BCUT2D eigenvalue weighted by atomic mass is 31.2. The highest BCUT2D eigenvalue weighted by Crippen LogP contribution is 2.43. The molecule has 0 spiro atoms. The van der Waals surface area contributed by atoms with E-state index in [1.165, 1.54) is 0 Å². The maximum atomic E-state index is 12.0. The normalized spacial score (nSPS) is 15.0. The molecule has 0 aliphatic heterocycles. The number of phosphoric acid groups is 1. The Morgan fingerprint density at radius 1 is 1.04 bits per heavy atom. The van der Waals surface area contributed by atoms with Crippen LogP contribution in [0.25, 0.3) is 0 Å². The van der Waals surface area contributed by atoms with E-state index in [2.05, 4.69) is 0 Å². The van der Waals surface area contributed by atoms with Crippen LogP contribution in [0.2, 0.25) is 0 Å². The van der Waals surface area contributed by atoms with Crippen molar-refractivity contribution in [1.29, 1.82) is 0 Å². The van der Waals surface area contributed by atoms with Gasteiger partial charge in [-0.05, 0) is 6.42 Å². The number of carbonyl (C=O) groups excluding carboxylic acids is 2. The third-order valence-electron chi connectivity index (χ3n) is 3.44. The van der Waals surface area contributed by atoms with Gasteiger partial charge in [0.1, 0.15) is 19.8 Å². The number of hydrogen-bond donors (Lipinski definition) is 1. The molecule has 0 fully saturated rings. The van der Waals surface area contributed by atoms with Crippen molar-refractivity contribution < 1.29 is 42.1 Å². The smallest absolute Gasteiger partial charge is 0.462 e. The minimum atomic E-state index is -4.30. The molecule has 0 heterocycles. The maximum absolute atomic E-state index is 12.0. The molecule has 0 aliphatic carbocycles. The van der Waals surface area contributed by atoms with Crippen molar-refractivity contribution in [2.45, 2.75) is 52.1 Å². The van der Waals surface area contributed by atoms with Gasteiger partial charge in [0.15, 0.2) is 6.10 Å². The fourth-order valence-corrected chi connectivity index (χ4v) is 2.55. The molecule has 9 nitrogen and oxygen atoms in total. The molecule has 0 bridgehead atoms. The maximum Gasteiger partial charge on any atom is 0.472 e. The SMILES string of the molecule is CCCCCC(=O)OC(COC(=O)CC)COP(=O)(O)OCC[N+](C)(C)C. The minimum Gasteiger partial charge on any atom is -0.462 e. The van der Waals surface area contributed by atoms with E-state index in [1.807, 2.05) is 28.1 Å². The highest BCUT2D eigenvalue weighted by Gasteiger charge is 2.26. The number of unbranched alkanes of at least 4 members (excludes halogenated alkanes) is 2. The van der Waals surface area contributed by atoms with Gasteiger partial charge >= 0.3 is 19.8 Å². The molecule has 27 heavy (non-hydrogen) atoms. The van der Waals surface area contributed by atoms with E-state index in [0.29, 0.717) is 17.4 Å². The standard InChI is InChI=1S/C17H34NO8P/c1-6-8-9-10-17(20)26-15(13-23-16(19)7-2)14-25-27(21,22)24-12-11-18(3,4)5/h15H,6-14H2,1-5H3/p+1. The van der Waals surface area contributed by atoms with Crippen molar-refractivity contribution in [2.24, 2.45) is 0 Å². The summed E-state index contributed by atoms with van der Waals surface area (Å²) >= 11 is 0. The summed E-state index contributed by atoms with van der Waals surface area (Å²) < 4.78 is 32.5. The van der Waals surface area contributed by atoms with Crippen molar-refractivity contribution >= 4 is 19.8 Å². The second-order valence-electron chi connectivity index (χ2n) is 7.22. The lowest BCUT2D eigenvalue weighted by molar-refractivity contribution is -0.870. The molecule has 0 aromatic rings. The van der Waals surface area contributed by atoms with E-state index in [4.69, 9.17) is 18.5 Å². The number of quaternary nitrogens is 1. The Kier molecular flexibility index (Phi) is 12.7. The van der Waals surface area contributed by atoms with Crippen molar-refractivity contribution in [3.63, 3.8) is 0 Å². The number of rotatable bonds is 15. The summed E-state index contributed by atoms with van der Waals surface area (Å²) in [6.45, 7) is 3.54. The Labute approximate surface area is 162 Å². The van der Waals surface area contributed by atoms with E-state index in [1.54, 1.807) is 6.92 Å². The van der Waals surface area contributed by atoms with Gasteiger partial charge in [-0.25, -0.2) is 4.57 Å². The van der Waals surface area contributed by atoms with Gasteiger partial charge in [-0.15, -0.1) is 0 Å². The first-order valence-electron chi connectivity index (χ1n) is 9.26. The van der Waals surface area contributed by atoms with Crippen molar-refractivity contribution in [1.82, 2.24) is 0 Å². The summed E-state index contributed by atoms with van der Waals surface area (Å²) in [6.07, 6.45) is 1.97. The summed E-state index contributed by atoms with van der Waals surface area (Å²) in [5.74, 6) is -0.934. The number of phosphoric ester groups is 1. The predicted molar refractivity (Wildman–Crippen MR) is 99.9 cm³/mol. The van der Waals surface area contributed by atoms with E-state index in [-0.39, 0.29) is 26.1 Å². The van der Waals surface area contributed by atoms with Gasteiger partial charge in [0.25, 0.3) is 0 Å². The van der Waals surface area contributed by atoms with Crippen LogP contribution < -0.4 is 0 Å². The zero-order chi connectivity index (χ0) is 20.9. The van der Waals surface area contributed by atoms with Crippen LogP contribution in [0.4, 0.5) is 0 Å². The molecule has 0 aromatic heterocycles. The molecular formula is C17H35NO8P+. The van der Waals surface area contributed by atoms with Gasteiger partial charge in [0.05, 0.1) is 27.7 Å². The van der Waals surface area contributed by atoms with E-state index < -0.39 is 32.5 Å². The lowest BCUT2D eigenvalue weighted by Crippen LogP contribution is -2.37. The molecule has 0 rings (SSSR count). The Morgan fingerprint density at radius 3 is 2.26 bits per heavy atom. The zero-order valence-corrected chi connectivity index (χ0v) is 18.0. The van der Waals surface area contributed by atoms with Crippen molar-refractivity contribution in [3.8, 4) is 0 Å². The number of ether oxygens (including phenoxy) is 2. The average Bonchev–Trinajstić information content (AvgIpc) is 2.55. The van der Waals surface area contributed by atoms with Crippen LogP contribution in [0, 0.1) is 0 Å². The van der Waals surface area contributed by atoms with Gasteiger partial charge < -0.3 is 18.9 Å². The fourth-order valence-electron chi connectivity index (χ4n) is 1.81. The number of carbonyl (C=O) groups is 2. The van der Waals surface area contributed by atoms with Gasteiger partial charge in [-0.3, -0.25) is 18.6 Å². The van der Waals surface area contributed by atoms with Crippen molar-refractivity contribution in [3.05, 3.63) is 0 Å². The van der Waals surface area contributed by atoms with Gasteiger partial charge in [0, 0.05) is 12.8 Å². The van der Waals surface area contributed by atoms with Crippen LogP contribution in [-0.4, -0.2) is 74.9 Å². The topological polar surface area (TPSA) is 108 Å². The summed E-state index contributed by atoms with van der Waals surface area (Å²) in [4.78, 5) is 32.9. The van der Waals surface area contributed by atoms with Crippen LogP contribution >= 0.6 is 7.82 Å². The quantitative estimate of drug-likeness (QED) is 0.189. The lowest BCUT2D eigenvalue weighted by Gasteiger charge is -2.24. The monoisotopic (exact) mass is 412 g/mol. The second kappa shape index (κ2) is 13.2. The van der Waals surface area contributed by atoms with Crippen LogP contribution in [0.1, 0.15) is 46.0 Å². The third kappa shape index (κ3) is 15.7. The van der Waals surface area contributed by atoms with Gasteiger partial charge in [-0.1, -0.05) is 26.7 Å².